The quantitative estimate of drug-likeness (QED) is 0.392. The van der Waals surface area contributed by atoms with Crippen molar-refractivity contribution in [3.63, 3.8) is 0 Å². The molecule has 2 rings (SSSR count). The Bertz CT molecular complexity index is 745. The maximum absolute atomic E-state index is 11.4. The molecular weight excluding hydrogens is 292 g/mol. The maximum atomic E-state index is 11.4. The molecule has 2 aromatic rings. The Morgan fingerprint density at radius 1 is 1.09 bits per heavy atom. The summed E-state index contributed by atoms with van der Waals surface area (Å²) >= 11 is 0. The van der Waals surface area contributed by atoms with Crippen LogP contribution >= 0.6 is 0 Å². The van der Waals surface area contributed by atoms with E-state index in [1.807, 2.05) is 50.2 Å². The second-order valence-electron chi connectivity index (χ2n) is 5.41. The molecule has 0 amide bonds. The predicted molar refractivity (Wildman–Crippen MR) is 90.3 cm³/mol. The lowest BCUT2D eigenvalue weighted by Gasteiger charge is -2.04. The van der Waals surface area contributed by atoms with E-state index < -0.39 is 4.92 Å². The number of rotatable bonds is 5. The Hall–Kier alpha value is -2.95. The van der Waals surface area contributed by atoms with Gasteiger partial charge in [-0.3, -0.25) is 10.1 Å². The van der Waals surface area contributed by atoms with E-state index >= 15 is 0 Å². The average molecular weight is 310 g/mol. The molecule has 0 saturated carbocycles. The molecule has 0 radical (unpaired) electrons. The first-order chi connectivity index (χ1) is 11.0. The molecule has 0 bridgehead atoms. The lowest BCUT2D eigenvalue weighted by molar-refractivity contribution is -0.413. The van der Waals surface area contributed by atoms with Crippen molar-refractivity contribution in [2.45, 2.75) is 20.3 Å². The molecular formula is C18H18N2O3. The van der Waals surface area contributed by atoms with E-state index in [0.717, 1.165) is 16.7 Å². The SMILES string of the molecule is Cc1ccc(/C=C(\C(Cc2ccc(C)cc2)=N\O)[N+](=O)[O-])cc1. The van der Waals surface area contributed by atoms with E-state index in [0.29, 0.717) is 5.56 Å². The normalized spacial score (nSPS) is 12.3. The maximum Gasteiger partial charge on any atom is 0.295 e. The first-order valence-corrected chi connectivity index (χ1v) is 7.19. The third kappa shape index (κ3) is 4.51. The van der Waals surface area contributed by atoms with E-state index in [2.05, 4.69) is 5.16 Å². The molecule has 0 heterocycles. The number of aryl methyl sites for hydroxylation is 2. The van der Waals surface area contributed by atoms with E-state index in [1.165, 1.54) is 6.08 Å². The Labute approximate surface area is 134 Å². The van der Waals surface area contributed by atoms with Crippen molar-refractivity contribution in [2.75, 3.05) is 0 Å². The molecule has 0 unspecified atom stereocenters. The summed E-state index contributed by atoms with van der Waals surface area (Å²) in [6, 6.07) is 14.9. The van der Waals surface area contributed by atoms with Gasteiger partial charge in [-0.2, -0.15) is 0 Å². The molecule has 23 heavy (non-hydrogen) atoms. The number of nitrogens with zero attached hydrogens (tertiary/aromatic N) is 2. The number of hydrogen-bond acceptors (Lipinski definition) is 4. The van der Waals surface area contributed by atoms with Gasteiger partial charge < -0.3 is 5.21 Å². The highest BCUT2D eigenvalue weighted by molar-refractivity contribution is 6.02. The minimum atomic E-state index is -0.525. The lowest BCUT2D eigenvalue weighted by atomic mass is 10.0. The van der Waals surface area contributed by atoms with Gasteiger partial charge in [-0.1, -0.05) is 64.8 Å². The first kappa shape index (κ1) is 16.4. The summed E-state index contributed by atoms with van der Waals surface area (Å²) in [6.07, 6.45) is 1.61. The molecule has 0 atom stereocenters. The average Bonchev–Trinajstić information content (AvgIpc) is 2.54. The third-order valence-corrected chi connectivity index (χ3v) is 3.49. The molecule has 2 aromatic carbocycles. The zero-order valence-electron chi connectivity index (χ0n) is 13.1. The van der Waals surface area contributed by atoms with Gasteiger partial charge in [0.1, 0.15) is 0 Å². The molecule has 0 aliphatic carbocycles. The molecule has 118 valence electrons. The number of benzene rings is 2. The van der Waals surface area contributed by atoms with E-state index in [-0.39, 0.29) is 17.8 Å². The van der Waals surface area contributed by atoms with Crippen molar-refractivity contribution in [3.05, 3.63) is 86.6 Å². The third-order valence-electron chi connectivity index (χ3n) is 3.49. The van der Waals surface area contributed by atoms with Crippen LogP contribution in [0, 0.1) is 24.0 Å². The van der Waals surface area contributed by atoms with Crippen LogP contribution in [0.2, 0.25) is 0 Å². The molecule has 5 nitrogen and oxygen atoms in total. The molecule has 0 spiro atoms. The molecule has 0 aliphatic rings. The predicted octanol–water partition coefficient (Wildman–Crippen LogP) is 3.99. The van der Waals surface area contributed by atoms with Gasteiger partial charge >= 0.3 is 0 Å². The number of nitro groups is 1. The fraction of sp³-hybridized carbons (Fsp3) is 0.167. The standard InChI is InChI=1S/C18H18N2O3/c1-13-3-7-15(8-4-13)11-17(19-21)18(20(22)23)12-16-9-5-14(2)6-10-16/h3-10,12,21H,11H2,1-2H3/b18-12+,19-17+. The minimum Gasteiger partial charge on any atom is -0.410 e. The van der Waals surface area contributed by atoms with Crippen molar-refractivity contribution in [2.24, 2.45) is 5.16 Å². The van der Waals surface area contributed by atoms with Gasteiger partial charge in [-0.15, -0.1) is 0 Å². The van der Waals surface area contributed by atoms with Crippen molar-refractivity contribution in [1.29, 1.82) is 0 Å². The summed E-state index contributed by atoms with van der Waals surface area (Å²) in [5.74, 6) is 0. The number of allylic oxidation sites excluding steroid dienone is 1. The second kappa shape index (κ2) is 7.35. The van der Waals surface area contributed by atoms with Gasteiger partial charge in [-0.25, -0.2) is 0 Å². The number of hydrogen-bond donors (Lipinski definition) is 1. The summed E-state index contributed by atoms with van der Waals surface area (Å²) in [6.45, 7) is 3.91. The van der Waals surface area contributed by atoms with Crippen LogP contribution in [0.5, 0.6) is 0 Å². The van der Waals surface area contributed by atoms with Crippen molar-refractivity contribution < 1.29 is 10.1 Å². The van der Waals surface area contributed by atoms with Crippen LogP contribution in [-0.2, 0) is 6.42 Å². The smallest absolute Gasteiger partial charge is 0.295 e. The Morgan fingerprint density at radius 3 is 2.09 bits per heavy atom. The Kier molecular flexibility index (Phi) is 5.25. The largest absolute Gasteiger partial charge is 0.410 e. The topological polar surface area (TPSA) is 75.7 Å². The van der Waals surface area contributed by atoms with Crippen LogP contribution in [0.25, 0.3) is 6.08 Å². The van der Waals surface area contributed by atoms with Crippen molar-refractivity contribution in [3.8, 4) is 0 Å². The molecule has 0 aliphatic heterocycles. The summed E-state index contributed by atoms with van der Waals surface area (Å²) in [5, 5.41) is 23.7. The van der Waals surface area contributed by atoms with Gasteiger partial charge in [0.05, 0.1) is 4.92 Å². The Morgan fingerprint density at radius 2 is 1.61 bits per heavy atom. The second-order valence-corrected chi connectivity index (χ2v) is 5.41. The number of oxime groups is 1. The van der Waals surface area contributed by atoms with Gasteiger partial charge in [0.25, 0.3) is 5.70 Å². The van der Waals surface area contributed by atoms with Crippen LogP contribution in [0.15, 0.2) is 59.4 Å². The molecule has 5 heteroatoms. The summed E-state index contributed by atoms with van der Waals surface area (Å²) in [7, 11) is 0. The van der Waals surface area contributed by atoms with E-state index in [9.17, 15) is 15.3 Å². The fourth-order valence-electron chi connectivity index (χ4n) is 2.14. The van der Waals surface area contributed by atoms with Gasteiger partial charge in [-0.05, 0) is 25.0 Å². The van der Waals surface area contributed by atoms with E-state index in [4.69, 9.17) is 0 Å². The molecule has 0 saturated heterocycles. The summed E-state index contributed by atoms with van der Waals surface area (Å²) < 4.78 is 0. The zero-order chi connectivity index (χ0) is 16.8. The molecule has 0 aromatic heterocycles. The Balaban J connectivity index is 2.32. The highest BCUT2D eigenvalue weighted by atomic mass is 16.6. The van der Waals surface area contributed by atoms with Crippen molar-refractivity contribution in [1.82, 2.24) is 0 Å². The lowest BCUT2D eigenvalue weighted by Crippen LogP contribution is -2.14. The minimum absolute atomic E-state index is 0.0272. The highest BCUT2D eigenvalue weighted by Gasteiger charge is 2.20. The van der Waals surface area contributed by atoms with Crippen molar-refractivity contribution >= 4 is 11.8 Å². The van der Waals surface area contributed by atoms with Crippen LogP contribution in [0.1, 0.15) is 22.3 Å². The molecule has 1 N–H and O–H groups in total. The van der Waals surface area contributed by atoms with Crippen LogP contribution in [0.3, 0.4) is 0 Å². The molecule has 0 fully saturated rings. The van der Waals surface area contributed by atoms with Gasteiger partial charge in [0.15, 0.2) is 5.71 Å². The summed E-state index contributed by atoms with van der Waals surface area (Å²) in [4.78, 5) is 10.8. The summed E-state index contributed by atoms with van der Waals surface area (Å²) in [5.41, 5.74) is 3.52. The monoisotopic (exact) mass is 310 g/mol. The van der Waals surface area contributed by atoms with Crippen LogP contribution < -0.4 is 0 Å². The van der Waals surface area contributed by atoms with Crippen LogP contribution in [0.4, 0.5) is 0 Å². The van der Waals surface area contributed by atoms with Gasteiger partial charge in [0.2, 0.25) is 0 Å². The first-order valence-electron chi connectivity index (χ1n) is 7.19. The van der Waals surface area contributed by atoms with E-state index in [1.54, 1.807) is 12.1 Å². The highest BCUT2D eigenvalue weighted by Crippen LogP contribution is 2.14. The van der Waals surface area contributed by atoms with Crippen LogP contribution in [-0.4, -0.2) is 15.8 Å². The van der Waals surface area contributed by atoms with Gasteiger partial charge in [0, 0.05) is 12.5 Å². The fourth-order valence-corrected chi connectivity index (χ4v) is 2.14. The zero-order valence-corrected chi connectivity index (χ0v) is 13.1.